The van der Waals surface area contributed by atoms with Gasteiger partial charge < -0.3 is 14.8 Å². The van der Waals surface area contributed by atoms with Crippen molar-refractivity contribution in [1.82, 2.24) is 5.32 Å². The van der Waals surface area contributed by atoms with E-state index in [1.54, 1.807) is 6.92 Å². The highest BCUT2D eigenvalue weighted by molar-refractivity contribution is 6.32. The van der Waals surface area contributed by atoms with Crippen LogP contribution in [0, 0.1) is 13.8 Å². The Hall–Kier alpha value is -2.20. The molecular weight excluding hydrogens is 338 g/mol. The van der Waals surface area contributed by atoms with Gasteiger partial charge in [-0.25, -0.2) is 0 Å². The molecule has 0 heterocycles. The van der Waals surface area contributed by atoms with E-state index in [1.165, 1.54) is 0 Å². The number of carbonyl (C=O) groups excluding carboxylic acids is 1. The number of hydrogen-bond donors (Lipinski definition) is 1. The van der Waals surface area contributed by atoms with Gasteiger partial charge in [0.1, 0.15) is 11.5 Å². The first-order valence-electron chi connectivity index (χ1n) is 8.33. The van der Waals surface area contributed by atoms with Gasteiger partial charge >= 0.3 is 0 Å². The highest BCUT2D eigenvalue weighted by atomic mass is 35.5. The van der Waals surface area contributed by atoms with E-state index in [2.05, 4.69) is 5.32 Å². The minimum Gasteiger partial charge on any atom is -0.494 e. The quantitative estimate of drug-likeness (QED) is 0.793. The van der Waals surface area contributed by atoms with Crippen molar-refractivity contribution in [3.8, 4) is 11.5 Å². The number of nitrogens with one attached hydrogen (secondary N) is 1. The molecule has 1 atom stereocenters. The average Bonchev–Trinajstić information content (AvgIpc) is 2.58. The van der Waals surface area contributed by atoms with Gasteiger partial charge in [-0.3, -0.25) is 4.79 Å². The molecule has 25 heavy (non-hydrogen) atoms. The molecule has 1 amide bonds. The van der Waals surface area contributed by atoms with Crippen molar-refractivity contribution in [2.45, 2.75) is 40.3 Å². The summed E-state index contributed by atoms with van der Waals surface area (Å²) in [6.07, 6.45) is -0.602. The summed E-state index contributed by atoms with van der Waals surface area (Å²) in [5.74, 6) is 1.26. The van der Waals surface area contributed by atoms with Crippen LogP contribution in [0.15, 0.2) is 36.4 Å². The molecule has 134 valence electrons. The molecule has 2 aromatic rings. The second-order valence-corrected chi connectivity index (χ2v) is 6.31. The van der Waals surface area contributed by atoms with Crippen molar-refractivity contribution in [2.24, 2.45) is 0 Å². The molecule has 5 heteroatoms. The summed E-state index contributed by atoms with van der Waals surface area (Å²) in [6.45, 7) is 8.53. The van der Waals surface area contributed by atoms with Gasteiger partial charge in [-0.05, 0) is 68.7 Å². The van der Waals surface area contributed by atoms with Crippen LogP contribution in [0.5, 0.6) is 11.5 Å². The Balaban J connectivity index is 1.93. The molecule has 0 aliphatic heterocycles. The predicted molar refractivity (Wildman–Crippen MR) is 100 cm³/mol. The van der Waals surface area contributed by atoms with Crippen molar-refractivity contribution in [3.05, 3.63) is 58.1 Å². The molecule has 1 N–H and O–H groups in total. The van der Waals surface area contributed by atoms with E-state index in [1.807, 2.05) is 57.2 Å². The van der Waals surface area contributed by atoms with Gasteiger partial charge in [0, 0.05) is 11.6 Å². The van der Waals surface area contributed by atoms with Gasteiger partial charge in [-0.2, -0.15) is 0 Å². The number of amides is 1. The third-order valence-corrected chi connectivity index (χ3v) is 4.36. The zero-order chi connectivity index (χ0) is 18.4. The number of ether oxygens (including phenoxy) is 2. The first-order valence-corrected chi connectivity index (χ1v) is 8.71. The fraction of sp³-hybridized carbons (Fsp3) is 0.350. The van der Waals surface area contributed by atoms with Gasteiger partial charge in [0.25, 0.3) is 5.91 Å². The van der Waals surface area contributed by atoms with Crippen LogP contribution >= 0.6 is 11.6 Å². The Labute approximate surface area is 154 Å². The molecule has 0 aliphatic carbocycles. The maximum atomic E-state index is 12.3. The van der Waals surface area contributed by atoms with Crippen LogP contribution in [0.2, 0.25) is 5.02 Å². The zero-order valence-electron chi connectivity index (χ0n) is 15.1. The van der Waals surface area contributed by atoms with E-state index in [9.17, 15) is 4.79 Å². The number of hydrogen-bond acceptors (Lipinski definition) is 3. The molecule has 2 aromatic carbocycles. The van der Waals surface area contributed by atoms with E-state index < -0.39 is 6.10 Å². The normalized spacial score (nSPS) is 11.7. The third kappa shape index (κ3) is 5.40. The molecule has 4 nitrogen and oxygen atoms in total. The van der Waals surface area contributed by atoms with Crippen LogP contribution in [0.25, 0.3) is 0 Å². The Morgan fingerprint density at radius 2 is 1.84 bits per heavy atom. The summed E-state index contributed by atoms with van der Waals surface area (Å²) < 4.78 is 11.2. The lowest BCUT2D eigenvalue weighted by atomic mass is 10.1. The summed E-state index contributed by atoms with van der Waals surface area (Å²) in [6, 6.07) is 11.3. The van der Waals surface area contributed by atoms with Crippen LogP contribution < -0.4 is 14.8 Å². The first kappa shape index (κ1) is 19.1. The minimum atomic E-state index is -0.602. The van der Waals surface area contributed by atoms with E-state index in [-0.39, 0.29) is 5.91 Å². The lowest BCUT2D eigenvalue weighted by Gasteiger charge is -2.16. The Kier molecular flexibility index (Phi) is 6.71. The largest absolute Gasteiger partial charge is 0.494 e. The van der Waals surface area contributed by atoms with Crippen LogP contribution in [0.1, 0.15) is 30.5 Å². The Bertz CT molecular complexity index is 722. The number of carbonyl (C=O) groups is 1. The van der Waals surface area contributed by atoms with E-state index >= 15 is 0 Å². The molecule has 0 saturated heterocycles. The summed E-state index contributed by atoms with van der Waals surface area (Å²) >= 11 is 6.16. The van der Waals surface area contributed by atoms with Gasteiger partial charge in [-0.15, -0.1) is 0 Å². The molecule has 2 rings (SSSR count). The van der Waals surface area contributed by atoms with Crippen LogP contribution in [0.4, 0.5) is 0 Å². The summed E-state index contributed by atoms with van der Waals surface area (Å²) in [7, 11) is 0. The van der Waals surface area contributed by atoms with Crippen molar-refractivity contribution >= 4 is 17.5 Å². The van der Waals surface area contributed by atoms with Crippen molar-refractivity contribution < 1.29 is 14.3 Å². The molecule has 0 saturated carbocycles. The fourth-order valence-corrected chi connectivity index (χ4v) is 2.59. The molecule has 0 aliphatic rings. The average molecular weight is 362 g/mol. The summed E-state index contributed by atoms with van der Waals surface area (Å²) in [4.78, 5) is 12.3. The third-order valence-electron chi connectivity index (χ3n) is 3.77. The van der Waals surface area contributed by atoms with Crippen molar-refractivity contribution in [1.29, 1.82) is 0 Å². The smallest absolute Gasteiger partial charge is 0.261 e. The number of halogens is 1. The number of benzene rings is 2. The summed E-state index contributed by atoms with van der Waals surface area (Å²) in [5.41, 5.74) is 2.83. The lowest BCUT2D eigenvalue weighted by Crippen LogP contribution is -2.35. The second-order valence-electron chi connectivity index (χ2n) is 5.93. The molecule has 0 fully saturated rings. The molecule has 0 radical (unpaired) electrons. The van der Waals surface area contributed by atoms with Gasteiger partial charge in [0.05, 0.1) is 6.61 Å². The zero-order valence-corrected chi connectivity index (χ0v) is 15.8. The van der Waals surface area contributed by atoms with Crippen LogP contribution in [-0.4, -0.2) is 18.6 Å². The maximum Gasteiger partial charge on any atom is 0.261 e. The Morgan fingerprint density at radius 1 is 1.16 bits per heavy atom. The molecule has 0 unspecified atom stereocenters. The van der Waals surface area contributed by atoms with Gasteiger partial charge in [0.2, 0.25) is 0 Å². The molecule has 0 bridgehead atoms. The maximum absolute atomic E-state index is 12.3. The topological polar surface area (TPSA) is 47.6 Å². The molecule has 0 aromatic heterocycles. The monoisotopic (exact) mass is 361 g/mol. The number of aryl methyl sites for hydroxylation is 2. The first-order chi connectivity index (χ1) is 11.9. The SMILES string of the molecule is CCOc1cccc(CNC(=O)[C@H](C)Oc2cc(C)c(Cl)c(C)c2)c1. The van der Waals surface area contributed by atoms with Gasteiger partial charge in [0.15, 0.2) is 6.10 Å². The van der Waals surface area contributed by atoms with Crippen LogP contribution in [-0.2, 0) is 11.3 Å². The van der Waals surface area contributed by atoms with E-state index in [0.717, 1.165) is 27.5 Å². The standard InChI is InChI=1S/C20H24ClNO3/c1-5-24-17-8-6-7-16(11-17)12-22-20(23)15(4)25-18-9-13(2)19(21)14(3)10-18/h6-11,15H,5,12H2,1-4H3,(H,22,23)/t15-/m0/s1. The molecular formula is C20H24ClNO3. The van der Waals surface area contributed by atoms with E-state index in [4.69, 9.17) is 21.1 Å². The second kappa shape index (κ2) is 8.77. The van der Waals surface area contributed by atoms with Crippen LogP contribution in [0.3, 0.4) is 0 Å². The molecule has 0 spiro atoms. The Morgan fingerprint density at radius 3 is 2.48 bits per heavy atom. The minimum absolute atomic E-state index is 0.174. The van der Waals surface area contributed by atoms with Crippen molar-refractivity contribution in [3.63, 3.8) is 0 Å². The lowest BCUT2D eigenvalue weighted by molar-refractivity contribution is -0.127. The predicted octanol–water partition coefficient (Wildman–Crippen LogP) is 4.44. The fourth-order valence-electron chi connectivity index (χ4n) is 2.48. The summed E-state index contributed by atoms with van der Waals surface area (Å²) in [5, 5.41) is 3.60. The highest BCUT2D eigenvalue weighted by Gasteiger charge is 2.15. The van der Waals surface area contributed by atoms with Gasteiger partial charge in [-0.1, -0.05) is 23.7 Å². The highest BCUT2D eigenvalue weighted by Crippen LogP contribution is 2.26. The number of rotatable bonds is 7. The van der Waals surface area contributed by atoms with E-state index in [0.29, 0.717) is 18.9 Å². The van der Waals surface area contributed by atoms with Crippen molar-refractivity contribution in [2.75, 3.05) is 6.61 Å².